The number of rotatable bonds is 15. The van der Waals surface area contributed by atoms with Gasteiger partial charge in [0.1, 0.15) is 0 Å². The van der Waals surface area contributed by atoms with Gasteiger partial charge in [0.25, 0.3) is 0 Å². The minimum absolute atomic E-state index is 0.00759. The predicted octanol–water partition coefficient (Wildman–Crippen LogP) is 32.7. The molecule has 138 heavy (non-hydrogen) atoms. The molecule has 11 nitrogen and oxygen atoms in total. The van der Waals surface area contributed by atoms with Crippen LogP contribution in [0, 0.1) is 24.5 Å². The fraction of sp³-hybridized carbons (Fsp3) is 0.0348. The fourth-order valence-corrected chi connectivity index (χ4v) is 17.8. The normalized spacial score (nSPS) is 11.7. The molecule has 0 bridgehead atoms. The highest BCUT2D eigenvalue weighted by Crippen LogP contribution is 2.54. The minimum Gasteiger partial charge on any atom is -0.308 e. The fourth-order valence-electron chi connectivity index (χ4n) is 17.8. The smallest absolute Gasteiger partial charge is 0.308 e. The van der Waals surface area contributed by atoms with Crippen molar-refractivity contribution in [1.82, 2.24) is 39.0 Å². The second-order valence-corrected chi connectivity index (χ2v) is 32.5. The van der Waals surface area contributed by atoms with Gasteiger partial charge in [-0.1, -0.05) is 291 Å². The number of aromatic nitrogens is 8. The number of fused-ring (bicyclic) bond motifs is 6. The second-order valence-electron chi connectivity index (χ2n) is 32.5. The van der Waals surface area contributed by atoms with Crippen LogP contribution in [0.25, 0.3) is 211 Å². The van der Waals surface area contributed by atoms with E-state index in [0.717, 1.165) is 57.6 Å². The summed E-state index contributed by atoms with van der Waals surface area (Å²) in [6.07, 6.45) is -19.5. The summed E-state index contributed by atoms with van der Waals surface area (Å²) in [6, 6.07) is 110. The molecule has 4 heterocycles. The van der Waals surface area contributed by atoms with Gasteiger partial charge >= 0.3 is 24.7 Å². The highest BCUT2D eigenvalue weighted by atomic mass is 19.4. The van der Waals surface area contributed by atoms with Crippen LogP contribution < -0.4 is 0 Å². The number of benzene rings is 17. The van der Waals surface area contributed by atoms with Gasteiger partial charge in [-0.3, -0.25) is 0 Å². The van der Waals surface area contributed by atoms with Gasteiger partial charge in [-0.2, -0.15) is 57.9 Å². The van der Waals surface area contributed by atoms with Crippen LogP contribution in [0.2, 0.25) is 0 Å². The van der Waals surface area contributed by atoms with E-state index >= 15 is 52.7 Å². The van der Waals surface area contributed by atoms with E-state index in [4.69, 9.17) is 43.0 Å². The Kier molecular flexibility index (Phi) is 22.8. The SMILES string of the molecule is [C-]#[N+]c1ccc(-c2ccc3c(c2)c2cc(-c4ccc(C#N)cc4)ccc2n3-c2c(-c3ccccc3C(F)(F)F)cc(-c3nc(-c4ccccc4)nc(-c4ccccc4)n3)cc2-c2ccccc2C(F)(F)F)cc1.[C-]#[N+]c1ccc(-c2ccc3c(c2)c2ccccc2n3-c2c(-c3ccccc3C(F)(F)F)cc(-c3nc(-c4ccccc4)nc(-c4ccccc4)n3)cc2-c2ccccc2C(F)(F)F)cc1. The van der Waals surface area contributed by atoms with E-state index in [-0.39, 0.29) is 102 Å². The molecule has 0 saturated carbocycles. The molecule has 0 saturated heterocycles. The monoisotopic (exact) mass is 1830 g/mol. The Morgan fingerprint density at radius 3 is 0.725 bits per heavy atom. The van der Waals surface area contributed by atoms with Gasteiger partial charge in [0, 0.05) is 77.2 Å². The van der Waals surface area contributed by atoms with Crippen LogP contribution in [0.4, 0.5) is 64.1 Å². The zero-order valence-corrected chi connectivity index (χ0v) is 72.0. The van der Waals surface area contributed by atoms with Gasteiger partial charge in [-0.25, -0.2) is 39.6 Å². The molecule has 664 valence electrons. The zero-order chi connectivity index (χ0) is 95.3. The lowest BCUT2D eigenvalue weighted by atomic mass is 9.88. The molecular weight excluding hydrogens is 1760 g/mol. The topological polar surface area (TPSA) is 120 Å². The molecule has 21 aromatic rings. The third-order valence-corrected chi connectivity index (χ3v) is 24.1. The van der Waals surface area contributed by atoms with Gasteiger partial charge in [0.15, 0.2) is 46.3 Å². The maximum Gasteiger partial charge on any atom is 0.417 e. The van der Waals surface area contributed by atoms with E-state index in [2.05, 4.69) is 15.8 Å². The van der Waals surface area contributed by atoms with Crippen LogP contribution >= 0.6 is 0 Å². The number of alkyl halides is 12. The van der Waals surface area contributed by atoms with E-state index in [0.29, 0.717) is 82.8 Å². The molecule has 0 N–H and O–H groups in total. The molecule has 0 amide bonds. The van der Waals surface area contributed by atoms with E-state index < -0.39 is 47.0 Å². The largest absolute Gasteiger partial charge is 0.417 e. The lowest BCUT2D eigenvalue weighted by Gasteiger charge is -2.24. The van der Waals surface area contributed by atoms with Crippen molar-refractivity contribution in [1.29, 1.82) is 5.26 Å². The van der Waals surface area contributed by atoms with Gasteiger partial charge in [0.2, 0.25) is 0 Å². The predicted molar refractivity (Wildman–Crippen MR) is 516 cm³/mol. The maximum absolute atomic E-state index is 15.5. The molecule has 21 rings (SSSR count). The summed E-state index contributed by atoms with van der Waals surface area (Å²) in [6.45, 7) is 14.9. The third-order valence-electron chi connectivity index (χ3n) is 24.1. The van der Waals surface area contributed by atoms with Crippen LogP contribution in [-0.2, 0) is 24.7 Å². The third kappa shape index (κ3) is 17.0. The van der Waals surface area contributed by atoms with E-state index in [1.807, 2.05) is 200 Å². The second kappa shape index (κ2) is 35.8. The number of hydrogen-bond acceptors (Lipinski definition) is 7. The van der Waals surface area contributed by atoms with Crippen LogP contribution in [0.15, 0.2) is 394 Å². The molecule has 0 unspecified atom stereocenters. The number of halogens is 12. The Labute approximate surface area is 780 Å². The highest BCUT2D eigenvalue weighted by Gasteiger charge is 2.41. The molecule has 4 aromatic heterocycles. The number of para-hydroxylation sites is 1. The average molecular weight is 1830 g/mol. The van der Waals surface area contributed by atoms with Crippen molar-refractivity contribution in [2.24, 2.45) is 0 Å². The van der Waals surface area contributed by atoms with Gasteiger partial charge < -0.3 is 9.13 Å². The summed E-state index contributed by atoms with van der Waals surface area (Å²) in [4.78, 5) is 36.1. The summed E-state index contributed by atoms with van der Waals surface area (Å²) in [5.41, 5.74) is 5.81. The van der Waals surface area contributed by atoms with Crippen molar-refractivity contribution in [3.8, 4) is 164 Å². The Balaban J connectivity index is 0.000000171. The summed E-state index contributed by atoms with van der Waals surface area (Å²) in [5, 5.41) is 12.3. The molecule has 0 aliphatic rings. The van der Waals surface area contributed by atoms with E-state index in [1.54, 1.807) is 81.9 Å². The number of hydrogen-bond donors (Lipinski definition) is 0. The molecule has 17 aromatic carbocycles. The van der Waals surface area contributed by atoms with Gasteiger partial charge in [-0.15, -0.1) is 0 Å². The van der Waals surface area contributed by atoms with Gasteiger partial charge in [-0.05, 0) is 159 Å². The van der Waals surface area contributed by atoms with Crippen LogP contribution in [0.1, 0.15) is 27.8 Å². The summed E-state index contributed by atoms with van der Waals surface area (Å²) >= 11 is 0. The quantitative estimate of drug-likeness (QED) is 0.0740. The standard InChI is InChI=1S/C61H34F6N6.C54H31F6N5/c1-69-45-28-24-39(25-29-45)43-27-31-55-49(33-43)48-32-42(38-22-20-37(36-68)21-23-38)26-30-54(48)73(55)56-50(46-16-8-10-18-52(46)60(62,63)64)34-44(35-51(56)47-17-9-11-19-53(47)61(65,66)67)59-71-57(40-12-4-2-5-13-40)70-58(72-59)41-14-6-3-7-15-41;1-61-38-27-24-33(25-28-38)36-26-29-48-42(30-36)41-20-10-13-23-47(41)65(48)49-43(39-18-8-11-21-45(39)53(55,56)57)31-37(32-44(49)40-19-9-12-22-46(40)54(58,59)60)52-63-50(34-14-4-2-5-15-34)62-51(64-52)35-16-6-3-7-17-35/h2-35H;2-32H. The highest BCUT2D eigenvalue weighted by molar-refractivity contribution is 6.15. The first-order chi connectivity index (χ1) is 66.8. The molecule has 0 fully saturated rings. The summed E-state index contributed by atoms with van der Waals surface area (Å²) in [5.74, 6) is 1.05. The molecule has 0 radical (unpaired) electrons. The Hall–Kier alpha value is -18.0. The summed E-state index contributed by atoms with van der Waals surface area (Å²) < 4.78 is 189. The van der Waals surface area contributed by atoms with Crippen molar-refractivity contribution >= 4 is 55.0 Å². The lowest BCUT2D eigenvalue weighted by molar-refractivity contribution is -0.137. The Morgan fingerprint density at radius 2 is 0.449 bits per heavy atom. The number of nitrogens with zero attached hydrogens (tertiary/aromatic N) is 11. The van der Waals surface area contributed by atoms with E-state index in [9.17, 15) is 5.26 Å². The number of nitriles is 1. The van der Waals surface area contributed by atoms with Crippen molar-refractivity contribution in [2.45, 2.75) is 24.7 Å². The molecule has 0 aliphatic heterocycles. The molecule has 0 spiro atoms. The Bertz CT molecular complexity index is 8060. The summed E-state index contributed by atoms with van der Waals surface area (Å²) in [7, 11) is 0. The van der Waals surface area contributed by atoms with Crippen LogP contribution in [-0.4, -0.2) is 39.0 Å². The van der Waals surface area contributed by atoms with E-state index in [1.165, 1.54) is 97.1 Å². The first kappa shape index (κ1) is 87.9. The van der Waals surface area contributed by atoms with Gasteiger partial charge in [0.05, 0.1) is 80.5 Å². The molecule has 23 heteroatoms. The molecule has 0 atom stereocenters. The van der Waals surface area contributed by atoms with Crippen LogP contribution in [0.3, 0.4) is 0 Å². The van der Waals surface area contributed by atoms with Crippen molar-refractivity contribution < 1.29 is 52.7 Å². The van der Waals surface area contributed by atoms with Crippen LogP contribution in [0.5, 0.6) is 0 Å². The first-order valence-corrected chi connectivity index (χ1v) is 43.2. The zero-order valence-electron chi connectivity index (χ0n) is 72.0. The maximum atomic E-state index is 15.5. The lowest BCUT2D eigenvalue weighted by Crippen LogP contribution is -2.11. The Morgan fingerprint density at radius 1 is 0.217 bits per heavy atom. The van der Waals surface area contributed by atoms with Crippen molar-refractivity contribution in [3.63, 3.8) is 0 Å². The minimum atomic E-state index is -4.91. The van der Waals surface area contributed by atoms with Crippen molar-refractivity contribution in [2.75, 3.05) is 0 Å². The first-order valence-electron chi connectivity index (χ1n) is 43.2. The molecular formula is C115H65F12N11. The molecule has 0 aliphatic carbocycles. The van der Waals surface area contributed by atoms with Crippen molar-refractivity contribution in [3.05, 3.63) is 445 Å². The average Bonchev–Trinajstić information content (AvgIpc) is 1.55.